The van der Waals surface area contributed by atoms with Crippen molar-refractivity contribution in [3.8, 4) is 0 Å². The molecule has 0 radical (unpaired) electrons. The molecule has 3 aromatic rings. The molecule has 2 heterocycles. The van der Waals surface area contributed by atoms with Crippen molar-refractivity contribution in [2.24, 2.45) is 0 Å². The Morgan fingerprint density at radius 1 is 1.07 bits per heavy atom. The lowest BCUT2D eigenvalue weighted by Gasteiger charge is -2.23. The number of carbonyl (C=O) groups is 2. The summed E-state index contributed by atoms with van der Waals surface area (Å²) in [5.74, 6) is -0.460. The molecule has 0 unspecified atom stereocenters. The molecule has 146 valence electrons. The Bertz CT molecular complexity index is 1010. The number of amides is 1. The van der Waals surface area contributed by atoms with Gasteiger partial charge in [-0.25, -0.2) is 9.78 Å². The number of carbonyl (C=O) groups excluding carboxylic acids is 2. The van der Waals surface area contributed by atoms with E-state index in [0.29, 0.717) is 15.7 Å². The number of thiazole rings is 1. The summed E-state index contributed by atoms with van der Waals surface area (Å²) in [4.78, 5) is 31.4. The van der Waals surface area contributed by atoms with E-state index in [1.165, 1.54) is 29.6 Å². The van der Waals surface area contributed by atoms with Crippen LogP contribution in [0.3, 0.4) is 0 Å². The number of rotatable bonds is 5. The van der Waals surface area contributed by atoms with Crippen molar-refractivity contribution in [2.75, 3.05) is 4.90 Å². The third-order valence-electron chi connectivity index (χ3n) is 4.30. The van der Waals surface area contributed by atoms with Crippen LogP contribution in [0, 0.1) is 27.7 Å². The highest BCUT2D eigenvalue weighted by Gasteiger charge is 2.22. The summed E-state index contributed by atoms with van der Waals surface area (Å²) in [5, 5.41) is 4.25. The lowest BCUT2D eigenvalue weighted by Crippen LogP contribution is -2.24. The fraction of sp³-hybridized carbons (Fsp3) is 0.286. The van der Waals surface area contributed by atoms with Crippen molar-refractivity contribution in [1.82, 2.24) is 4.98 Å². The topological polar surface area (TPSA) is 59.5 Å². The predicted molar refractivity (Wildman–Crippen MR) is 114 cm³/mol. The maximum absolute atomic E-state index is 12.4. The van der Waals surface area contributed by atoms with E-state index in [0.717, 1.165) is 27.9 Å². The smallest absolute Gasteiger partial charge is 0.348 e. The number of nitrogens with zero attached hydrogens (tertiary/aromatic N) is 2. The van der Waals surface area contributed by atoms with Crippen LogP contribution in [0.1, 0.15) is 44.5 Å². The molecule has 0 aliphatic heterocycles. The van der Waals surface area contributed by atoms with Crippen molar-refractivity contribution in [2.45, 2.75) is 41.2 Å². The fourth-order valence-corrected chi connectivity index (χ4v) is 4.84. The largest absolute Gasteiger partial charge is 0.455 e. The van der Waals surface area contributed by atoms with E-state index in [9.17, 15) is 9.59 Å². The first-order valence-electron chi connectivity index (χ1n) is 8.82. The van der Waals surface area contributed by atoms with Gasteiger partial charge < -0.3 is 4.74 Å². The van der Waals surface area contributed by atoms with Crippen LogP contribution in [0.4, 0.5) is 10.8 Å². The van der Waals surface area contributed by atoms with E-state index in [1.54, 1.807) is 4.90 Å². The van der Waals surface area contributed by atoms with Gasteiger partial charge in [-0.1, -0.05) is 17.7 Å². The molecule has 0 aliphatic carbocycles. The van der Waals surface area contributed by atoms with Crippen LogP contribution in [0.25, 0.3) is 0 Å². The van der Waals surface area contributed by atoms with Crippen molar-refractivity contribution < 1.29 is 14.3 Å². The number of anilines is 2. The minimum atomic E-state index is -0.351. The molecule has 0 bridgehead atoms. The van der Waals surface area contributed by atoms with Crippen molar-refractivity contribution in [1.29, 1.82) is 0 Å². The Hall–Kier alpha value is -2.51. The number of benzene rings is 1. The Morgan fingerprint density at radius 3 is 2.32 bits per heavy atom. The van der Waals surface area contributed by atoms with E-state index in [2.05, 4.69) is 17.1 Å². The van der Waals surface area contributed by atoms with Gasteiger partial charge >= 0.3 is 5.97 Å². The van der Waals surface area contributed by atoms with Gasteiger partial charge in [0.2, 0.25) is 5.91 Å². The zero-order valence-electron chi connectivity index (χ0n) is 16.5. The summed E-state index contributed by atoms with van der Waals surface area (Å²) in [5.41, 5.74) is 5.56. The van der Waals surface area contributed by atoms with Gasteiger partial charge in [0.1, 0.15) is 11.5 Å². The zero-order valence-corrected chi connectivity index (χ0v) is 18.2. The SMILES string of the molecule is CC(=O)N(c1nc(COC(=O)c2sccc2C)cs1)c1c(C)cc(C)cc1C. The molecule has 0 spiro atoms. The van der Waals surface area contributed by atoms with Gasteiger partial charge in [0, 0.05) is 12.3 Å². The van der Waals surface area contributed by atoms with Gasteiger partial charge in [-0.3, -0.25) is 9.69 Å². The third-order valence-corrected chi connectivity index (χ3v) is 6.17. The van der Waals surface area contributed by atoms with Crippen LogP contribution in [-0.2, 0) is 16.1 Å². The average Bonchev–Trinajstić information content (AvgIpc) is 3.24. The second kappa shape index (κ2) is 8.24. The van der Waals surface area contributed by atoms with Crippen LogP contribution in [0.2, 0.25) is 0 Å². The van der Waals surface area contributed by atoms with Crippen LogP contribution < -0.4 is 4.90 Å². The Balaban J connectivity index is 1.82. The monoisotopic (exact) mass is 414 g/mol. The van der Waals surface area contributed by atoms with Crippen LogP contribution in [0.5, 0.6) is 0 Å². The number of aryl methyl sites for hydroxylation is 4. The summed E-state index contributed by atoms with van der Waals surface area (Å²) < 4.78 is 5.39. The van der Waals surface area contributed by atoms with Crippen molar-refractivity contribution in [3.63, 3.8) is 0 Å². The average molecular weight is 415 g/mol. The molecule has 5 nitrogen and oxygen atoms in total. The first kappa shape index (κ1) is 20.2. The number of aromatic nitrogens is 1. The quantitative estimate of drug-likeness (QED) is 0.519. The number of hydrogen-bond donors (Lipinski definition) is 0. The molecule has 0 saturated heterocycles. The van der Waals surface area contributed by atoms with E-state index in [4.69, 9.17) is 4.74 Å². The summed E-state index contributed by atoms with van der Waals surface area (Å²) in [6.07, 6.45) is 0. The molecule has 0 atom stereocenters. The normalized spacial score (nSPS) is 10.8. The van der Waals surface area contributed by atoms with Gasteiger partial charge in [0.15, 0.2) is 5.13 Å². The number of esters is 1. The molecule has 28 heavy (non-hydrogen) atoms. The molecule has 2 aromatic heterocycles. The Labute approximate surface area is 172 Å². The van der Waals surface area contributed by atoms with E-state index in [-0.39, 0.29) is 18.5 Å². The van der Waals surface area contributed by atoms with Gasteiger partial charge in [0.05, 0.1) is 11.4 Å². The minimum absolute atomic E-state index is 0.0737. The highest BCUT2D eigenvalue weighted by atomic mass is 32.1. The van der Waals surface area contributed by atoms with Gasteiger partial charge in [-0.2, -0.15) is 0 Å². The molecule has 1 amide bonds. The first-order valence-corrected chi connectivity index (χ1v) is 10.6. The van der Waals surface area contributed by atoms with Gasteiger partial charge in [0.25, 0.3) is 0 Å². The second-order valence-electron chi connectivity index (χ2n) is 6.73. The minimum Gasteiger partial charge on any atom is -0.455 e. The molecule has 0 aliphatic rings. The van der Waals surface area contributed by atoms with Crippen LogP contribution in [0.15, 0.2) is 29.0 Å². The Kier molecular flexibility index (Phi) is 5.96. The fourth-order valence-electron chi connectivity index (χ4n) is 3.17. The molecule has 0 saturated carbocycles. The number of ether oxygens (including phenoxy) is 1. The molecule has 0 N–H and O–H groups in total. The van der Waals surface area contributed by atoms with Crippen molar-refractivity contribution >= 4 is 45.4 Å². The van der Waals surface area contributed by atoms with Crippen molar-refractivity contribution in [3.05, 3.63) is 61.8 Å². The first-order chi connectivity index (χ1) is 13.3. The second-order valence-corrected chi connectivity index (χ2v) is 8.48. The number of thiophene rings is 1. The van der Waals surface area contributed by atoms with E-state index in [1.807, 2.05) is 44.5 Å². The lowest BCUT2D eigenvalue weighted by atomic mass is 10.0. The standard InChI is InChI=1S/C21H22N2O3S2/c1-12-8-14(3)18(15(4)9-12)23(16(5)24)21-22-17(11-28-21)10-26-20(25)19-13(2)6-7-27-19/h6-9,11H,10H2,1-5H3. The van der Waals surface area contributed by atoms with Gasteiger partial charge in [-0.05, 0) is 55.8 Å². The maximum atomic E-state index is 12.4. The summed E-state index contributed by atoms with van der Waals surface area (Å²) in [7, 11) is 0. The molecule has 1 aromatic carbocycles. The van der Waals surface area contributed by atoms with E-state index >= 15 is 0 Å². The van der Waals surface area contributed by atoms with E-state index < -0.39 is 0 Å². The maximum Gasteiger partial charge on any atom is 0.348 e. The summed E-state index contributed by atoms with van der Waals surface area (Å²) in [6.45, 7) is 9.50. The molecular weight excluding hydrogens is 392 g/mol. The highest BCUT2D eigenvalue weighted by Crippen LogP contribution is 2.34. The third kappa shape index (κ3) is 4.15. The lowest BCUT2D eigenvalue weighted by molar-refractivity contribution is -0.115. The van der Waals surface area contributed by atoms with Crippen LogP contribution >= 0.6 is 22.7 Å². The van der Waals surface area contributed by atoms with Gasteiger partial charge in [-0.15, -0.1) is 22.7 Å². The summed E-state index contributed by atoms with van der Waals surface area (Å²) >= 11 is 2.72. The Morgan fingerprint density at radius 2 is 1.75 bits per heavy atom. The number of hydrogen-bond acceptors (Lipinski definition) is 6. The zero-order chi connectivity index (χ0) is 20.4. The molecule has 3 rings (SSSR count). The predicted octanol–water partition coefficient (Wildman–Crippen LogP) is 5.48. The van der Waals surface area contributed by atoms with Crippen LogP contribution in [-0.4, -0.2) is 16.9 Å². The molecule has 0 fully saturated rings. The molecule has 7 heteroatoms. The highest BCUT2D eigenvalue weighted by molar-refractivity contribution is 7.14. The molecular formula is C21H22N2O3S2. The summed E-state index contributed by atoms with van der Waals surface area (Å²) in [6, 6.07) is 6.00.